The van der Waals surface area contributed by atoms with Gasteiger partial charge >= 0.3 is 0 Å². The van der Waals surface area contributed by atoms with Crippen LogP contribution in [-0.4, -0.2) is 55.6 Å². The molecule has 26 heavy (non-hydrogen) atoms. The van der Waals surface area contributed by atoms with E-state index >= 15 is 0 Å². The molecule has 0 aromatic carbocycles. The standard InChI is InChI=1S/C21H37NO4/c1-16(2)26-15-14-25-13-10-21(24)22-11-8-20(9-12-22)19-6-4-18(5-7-19)17(3)23/h16,18-20H,4-15H2,1-3H3. The van der Waals surface area contributed by atoms with E-state index in [-0.39, 0.29) is 12.0 Å². The summed E-state index contributed by atoms with van der Waals surface area (Å²) < 4.78 is 10.9. The first-order valence-electron chi connectivity index (χ1n) is 10.4. The van der Waals surface area contributed by atoms with Crippen LogP contribution >= 0.6 is 0 Å². The second-order valence-electron chi connectivity index (χ2n) is 8.22. The molecular weight excluding hydrogens is 330 g/mol. The van der Waals surface area contributed by atoms with Gasteiger partial charge in [-0.2, -0.15) is 0 Å². The minimum absolute atomic E-state index is 0.216. The molecule has 2 fully saturated rings. The second kappa shape index (κ2) is 11.0. The van der Waals surface area contributed by atoms with Crippen molar-refractivity contribution in [3.63, 3.8) is 0 Å². The highest BCUT2D eigenvalue weighted by Gasteiger charge is 2.32. The van der Waals surface area contributed by atoms with Crippen molar-refractivity contribution in [1.29, 1.82) is 0 Å². The van der Waals surface area contributed by atoms with E-state index in [1.807, 2.05) is 18.7 Å². The van der Waals surface area contributed by atoms with Crippen molar-refractivity contribution in [1.82, 2.24) is 4.90 Å². The first kappa shape index (κ1) is 21.4. The van der Waals surface area contributed by atoms with Gasteiger partial charge in [0, 0.05) is 19.0 Å². The molecule has 0 radical (unpaired) electrons. The van der Waals surface area contributed by atoms with Gasteiger partial charge in [0.05, 0.1) is 32.3 Å². The molecule has 0 bridgehead atoms. The molecular formula is C21H37NO4. The molecule has 0 aromatic heterocycles. The van der Waals surface area contributed by atoms with Crippen molar-refractivity contribution in [2.45, 2.75) is 71.8 Å². The molecule has 0 aromatic rings. The van der Waals surface area contributed by atoms with E-state index in [9.17, 15) is 9.59 Å². The summed E-state index contributed by atoms with van der Waals surface area (Å²) in [4.78, 5) is 25.8. The summed E-state index contributed by atoms with van der Waals surface area (Å²) in [5.74, 6) is 2.37. The molecule has 1 amide bonds. The smallest absolute Gasteiger partial charge is 0.224 e. The van der Waals surface area contributed by atoms with Gasteiger partial charge < -0.3 is 14.4 Å². The number of carbonyl (C=O) groups excluding carboxylic acids is 2. The number of carbonyl (C=O) groups is 2. The molecule has 5 heteroatoms. The van der Waals surface area contributed by atoms with Crippen LogP contribution in [0, 0.1) is 17.8 Å². The average molecular weight is 368 g/mol. The lowest BCUT2D eigenvalue weighted by molar-refractivity contribution is -0.134. The Bertz CT molecular complexity index is 435. The highest BCUT2D eigenvalue weighted by atomic mass is 16.5. The van der Waals surface area contributed by atoms with Crippen LogP contribution in [-0.2, 0) is 19.1 Å². The lowest BCUT2D eigenvalue weighted by Crippen LogP contribution is -2.41. The Kier molecular flexibility index (Phi) is 9.06. The number of ketones is 1. The summed E-state index contributed by atoms with van der Waals surface area (Å²) in [6, 6.07) is 0. The highest BCUT2D eigenvalue weighted by molar-refractivity contribution is 5.78. The Labute approximate surface area is 158 Å². The second-order valence-corrected chi connectivity index (χ2v) is 8.22. The van der Waals surface area contributed by atoms with Gasteiger partial charge in [-0.15, -0.1) is 0 Å². The van der Waals surface area contributed by atoms with E-state index in [0.717, 1.165) is 50.6 Å². The Hall–Kier alpha value is -0.940. The maximum atomic E-state index is 12.3. The lowest BCUT2D eigenvalue weighted by Gasteiger charge is -2.39. The Balaban J connectivity index is 1.58. The normalized spacial score (nSPS) is 24.8. The van der Waals surface area contributed by atoms with Gasteiger partial charge in [-0.05, 0) is 71.1 Å². The number of hydrogen-bond acceptors (Lipinski definition) is 4. The number of piperidine rings is 1. The van der Waals surface area contributed by atoms with Crippen LogP contribution in [0.1, 0.15) is 65.7 Å². The summed E-state index contributed by atoms with van der Waals surface area (Å²) in [6.07, 6.45) is 7.43. The van der Waals surface area contributed by atoms with E-state index in [1.54, 1.807) is 6.92 Å². The SMILES string of the molecule is CC(=O)C1CCC(C2CCN(C(=O)CCOCCOC(C)C)CC2)CC1. The molecule has 150 valence electrons. The zero-order valence-electron chi connectivity index (χ0n) is 16.9. The van der Waals surface area contributed by atoms with Gasteiger partial charge in [-0.25, -0.2) is 0 Å². The summed E-state index contributed by atoms with van der Waals surface area (Å²) in [5.41, 5.74) is 0. The summed E-state index contributed by atoms with van der Waals surface area (Å²) in [7, 11) is 0. The molecule has 5 nitrogen and oxygen atoms in total. The van der Waals surface area contributed by atoms with E-state index in [4.69, 9.17) is 9.47 Å². The maximum Gasteiger partial charge on any atom is 0.224 e. The highest BCUT2D eigenvalue weighted by Crippen LogP contribution is 2.38. The van der Waals surface area contributed by atoms with Gasteiger partial charge in [-0.1, -0.05) is 0 Å². The fourth-order valence-corrected chi connectivity index (χ4v) is 4.38. The van der Waals surface area contributed by atoms with E-state index in [0.29, 0.717) is 37.9 Å². The number of ether oxygens (including phenoxy) is 2. The van der Waals surface area contributed by atoms with Crippen LogP contribution in [0.25, 0.3) is 0 Å². The number of hydrogen-bond donors (Lipinski definition) is 0. The average Bonchev–Trinajstić information content (AvgIpc) is 2.64. The lowest BCUT2D eigenvalue weighted by atomic mass is 9.72. The van der Waals surface area contributed by atoms with Crippen LogP contribution in [0.15, 0.2) is 0 Å². The van der Waals surface area contributed by atoms with Crippen molar-refractivity contribution >= 4 is 11.7 Å². The van der Waals surface area contributed by atoms with E-state index in [2.05, 4.69) is 0 Å². The predicted molar refractivity (Wildman–Crippen MR) is 102 cm³/mol. The van der Waals surface area contributed by atoms with Crippen molar-refractivity contribution in [2.24, 2.45) is 17.8 Å². The third-order valence-electron chi connectivity index (χ3n) is 6.04. The van der Waals surface area contributed by atoms with E-state index in [1.165, 1.54) is 12.8 Å². The maximum absolute atomic E-state index is 12.3. The molecule has 0 N–H and O–H groups in total. The van der Waals surface area contributed by atoms with Crippen LogP contribution in [0.5, 0.6) is 0 Å². The van der Waals surface area contributed by atoms with Crippen molar-refractivity contribution < 1.29 is 19.1 Å². The number of rotatable bonds is 9. The molecule has 1 aliphatic heterocycles. The molecule has 0 atom stereocenters. The van der Waals surface area contributed by atoms with E-state index < -0.39 is 0 Å². The summed E-state index contributed by atoms with van der Waals surface area (Å²) in [5, 5.41) is 0. The Morgan fingerprint density at radius 2 is 1.54 bits per heavy atom. The van der Waals surface area contributed by atoms with Gasteiger partial charge in [0.15, 0.2) is 0 Å². The van der Waals surface area contributed by atoms with Crippen LogP contribution in [0.4, 0.5) is 0 Å². The molecule has 1 saturated carbocycles. The largest absolute Gasteiger partial charge is 0.379 e. The molecule has 0 spiro atoms. The number of likely N-dealkylation sites (tertiary alicyclic amines) is 1. The fourth-order valence-electron chi connectivity index (χ4n) is 4.38. The first-order chi connectivity index (χ1) is 12.5. The molecule has 1 aliphatic carbocycles. The monoisotopic (exact) mass is 367 g/mol. The third kappa shape index (κ3) is 6.99. The fraction of sp³-hybridized carbons (Fsp3) is 0.905. The zero-order valence-corrected chi connectivity index (χ0v) is 16.9. The quantitative estimate of drug-likeness (QED) is 0.586. The molecule has 2 rings (SSSR count). The van der Waals surface area contributed by atoms with Crippen LogP contribution in [0.2, 0.25) is 0 Å². The molecule has 1 saturated heterocycles. The zero-order chi connectivity index (χ0) is 18.9. The summed E-state index contributed by atoms with van der Waals surface area (Å²) >= 11 is 0. The molecule has 0 unspecified atom stereocenters. The van der Waals surface area contributed by atoms with Crippen molar-refractivity contribution in [3.8, 4) is 0 Å². The number of amides is 1. The van der Waals surface area contributed by atoms with Crippen molar-refractivity contribution in [3.05, 3.63) is 0 Å². The Morgan fingerprint density at radius 3 is 2.12 bits per heavy atom. The third-order valence-corrected chi connectivity index (χ3v) is 6.04. The van der Waals surface area contributed by atoms with Crippen molar-refractivity contribution in [2.75, 3.05) is 32.9 Å². The Morgan fingerprint density at radius 1 is 0.923 bits per heavy atom. The topological polar surface area (TPSA) is 55.8 Å². The van der Waals surface area contributed by atoms with Crippen LogP contribution < -0.4 is 0 Å². The van der Waals surface area contributed by atoms with Gasteiger partial charge in [0.1, 0.15) is 5.78 Å². The van der Waals surface area contributed by atoms with Gasteiger partial charge in [0.2, 0.25) is 5.91 Å². The van der Waals surface area contributed by atoms with Crippen LogP contribution in [0.3, 0.4) is 0 Å². The minimum atomic E-state index is 0.216. The summed E-state index contributed by atoms with van der Waals surface area (Å²) in [6.45, 7) is 9.12. The van der Waals surface area contributed by atoms with Gasteiger partial charge in [-0.3, -0.25) is 9.59 Å². The molecule has 1 heterocycles. The first-order valence-corrected chi connectivity index (χ1v) is 10.4. The van der Waals surface area contributed by atoms with Gasteiger partial charge in [0.25, 0.3) is 0 Å². The number of nitrogens with zero attached hydrogens (tertiary/aromatic N) is 1. The minimum Gasteiger partial charge on any atom is -0.379 e. The molecule has 2 aliphatic rings. The number of Topliss-reactive ketones (excluding diaryl/α,β-unsaturated/α-hetero) is 1. The predicted octanol–water partition coefficient (Wildman–Crippen LogP) is 3.45.